The molecule has 0 saturated heterocycles. The van der Waals surface area contributed by atoms with E-state index in [0.29, 0.717) is 13.2 Å². The standard InChI is InChI=1S/C27H59N3O4/c1-25(2,3)29(8)16-12-19-32-21-14-27(6,7)30(9)17-22-34-24-23-33-20-13-26(4,5)28-15-11-18-31-10/h28H,11-24H2,1-10H3. The second-order valence-corrected chi connectivity index (χ2v) is 11.7. The number of methoxy groups -OCH3 is 1. The van der Waals surface area contributed by atoms with Crippen molar-refractivity contribution < 1.29 is 18.9 Å². The molecule has 7 nitrogen and oxygen atoms in total. The van der Waals surface area contributed by atoms with Crippen LogP contribution in [0.1, 0.15) is 74.1 Å². The Hall–Kier alpha value is -0.280. The van der Waals surface area contributed by atoms with Gasteiger partial charge in [0.25, 0.3) is 0 Å². The largest absolute Gasteiger partial charge is 0.385 e. The van der Waals surface area contributed by atoms with Crippen LogP contribution in [-0.4, -0.2) is 114 Å². The Labute approximate surface area is 212 Å². The van der Waals surface area contributed by atoms with Gasteiger partial charge in [0.2, 0.25) is 0 Å². The van der Waals surface area contributed by atoms with Crippen molar-refractivity contribution in [3.8, 4) is 0 Å². The fourth-order valence-corrected chi connectivity index (χ4v) is 3.24. The van der Waals surface area contributed by atoms with E-state index >= 15 is 0 Å². The second-order valence-electron chi connectivity index (χ2n) is 11.7. The van der Waals surface area contributed by atoms with Crippen molar-refractivity contribution in [1.29, 1.82) is 0 Å². The summed E-state index contributed by atoms with van der Waals surface area (Å²) in [6.45, 7) is 23.8. The van der Waals surface area contributed by atoms with Crippen molar-refractivity contribution in [3.05, 3.63) is 0 Å². The van der Waals surface area contributed by atoms with Gasteiger partial charge in [-0.25, -0.2) is 0 Å². The van der Waals surface area contributed by atoms with Crippen molar-refractivity contribution in [2.75, 3.05) is 87.1 Å². The summed E-state index contributed by atoms with van der Waals surface area (Å²) in [5.74, 6) is 0. The summed E-state index contributed by atoms with van der Waals surface area (Å²) in [6.07, 6.45) is 4.09. The van der Waals surface area contributed by atoms with Crippen molar-refractivity contribution in [2.24, 2.45) is 0 Å². The molecular formula is C27H59N3O4. The average Bonchev–Trinajstić information content (AvgIpc) is 2.74. The molecule has 0 radical (unpaired) electrons. The highest BCUT2D eigenvalue weighted by Crippen LogP contribution is 2.17. The predicted octanol–water partition coefficient (Wildman–Crippen LogP) is 4.05. The van der Waals surface area contributed by atoms with Crippen molar-refractivity contribution >= 4 is 0 Å². The highest BCUT2D eigenvalue weighted by Gasteiger charge is 2.23. The molecule has 0 unspecified atom stereocenters. The maximum Gasteiger partial charge on any atom is 0.0701 e. The number of ether oxygens (including phenoxy) is 4. The number of nitrogens with zero attached hydrogens (tertiary/aromatic N) is 2. The SMILES string of the molecule is COCCCNC(C)(C)CCOCCOCCN(C)C(C)(C)CCOCCCN(C)C(C)(C)C. The zero-order chi connectivity index (χ0) is 26.1. The lowest BCUT2D eigenvalue weighted by Gasteiger charge is -2.35. The Kier molecular flexibility index (Phi) is 17.9. The first-order valence-electron chi connectivity index (χ1n) is 13.2. The molecule has 0 atom stereocenters. The maximum absolute atomic E-state index is 5.91. The number of nitrogens with one attached hydrogen (secondary N) is 1. The van der Waals surface area contributed by atoms with Gasteiger partial charge in [-0.05, 0) is 94.8 Å². The maximum atomic E-state index is 5.91. The van der Waals surface area contributed by atoms with Crippen LogP contribution in [0.3, 0.4) is 0 Å². The molecule has 0 saturated carbocycles. The molecule has 0 rings (SSSR count). The van der Waals surface area contributed by atoms with Gasteiger partial charge in [-0.1, -0.05) is 0 Å². The van der Waals surface area contributed by atoms with Crippen LogP contribution in [-0.2, 0) is 18.9 Å². The summed E-state index contributed by atoms with van der Waals surface area (Å²) >= 11 is 0. The molecule has 0 amide bonds. The molecule has 0 aliphatic carbocycles. The van der Waals surface area contributed by atoms with Crippen LogP contribution >= 0.6 is 0 Å². The molecule has 7 heteroatoms. The molecule has 0 aliphatic rings. The lowest BCUT2D eigenvalue weighted by Crippen LogP contribution is -2.43. The zero-order valence-corrected chi connectivity index (χ0v) is 24.4. The molecule has 0 spiro atoms. The van der Waals surface area contributed by atoms with Gasteiger partial charge in [0, 0.05) is 63.2 Å². The van der Waals surface area contributed by atoms with Crippen molar-refractivity contribution in [3.63, 3.8) is 0 Å². The molecule has 34 heavy (non-hydrogen) atoms. The van der Waals surface area contributed by atoms with Gasteiger partial charge in [0.05, 0.1) is 19.8 Å². The number of rotatable bonds is 22. The van der Waals surface area contributed by atoms with Crippen molar-refractivity contribution in [1.82, 2.24) is 15.1 Å². The van der Waals surface area contributed by atoms with Crippen LogP contribution < -0.4 is 5.32 Å². The van der Waals surface area contributed by atoms with Gasteiger partial charge in [0.1, 0.15) is 0 Å². The highest BCUT2D eigenvalue weighted by atomic mass is 16.5. The Morgan fingerprint density at radius 2 is 1.21 bits per heavy atom. The van der Waals surface area contributed by atoms with Gasteiger partial charge < -0.3 is 29.2 Å². The third-order valence-electron chi connectivity index (χ3n) is 6.76. The van der Waals surface area contributed by atoms with E-state index in [4.69, 9.17) is 18.9 Å². The van der Waals surface area contributed by atoms with E-state index in [1.165, 1.54) is 0 Å². The van der Waals surface area contributed by atoms with E-state index in [2.05, 4.69) is 77.7 Å². The summed E-state index contributed by atoms with van der Waals surface area (Å²) in [5, 5.41) is 3.56. The molecule has 0 heterocycles. The minimum atomic E-state index is 0.0788. The van der Waals surface area contributed by atoms with Crippen LogP contribution in [0.2, 0.25) is 0 Å². The quantitative estimate of drug-likeness (QED) is 0.230. The molecule has 0 aromatic heterocycles. The Bertz CT molecular complexity index is 481. The second kappa shape index (κ2) is 18.0. The first-order chi connectivity index (χ1) is 15.8. The van der Waals surface area contributed by atoms with E-state index in [0.717, 1.165) is 78.4 Å². The van der Waals surface area contributed by atoms with Crippen LogP contribution in [0.5, 0.6) is 0 Å². The van der Waals surface area contributed by atoms with E-state index in [9.17, 15) is 0 Å². The smallest absolute Gasteiger partial charge is 0.0701 e. The minimum Gasteiger partial charge on any atom is -0.385 e. The van der Waals surface area contributed by atoms with Crippen molar-refractivity contribution in [2.45, 2.75) is 90.8 Å². The lowest BCUT2D eigenvalue weighted by atomic mass is 9.99. The van der Waals surface area contributed by atoms with E-state index in [-0.39, 0.29) is 16.6 Å². The van der Waals surface area contributed by atoms with Gasteiger partial charge in [0.15, 0.2) is 0 Å². The fraction of sp³-hybridized carbons (Fsp3) is 1.00. The molecule has 0 fully saturated rings. The van der Waals surface area contributed by atoms with E-state index in [1.807, 2.05) is 0 Å². The monoisotopic (exact) mass is 489 g/mol. The molecule has 0 aliphatic heterocycles. The first-order valence-corrected chi connectivity index (χ1v) is 13.2. The zero-order valence-electron chi connectivity index (χ0n) is 24.4. The van der Waals surface area contributed by atoms with Crippen LogP contribution in [0.25, 0.3) is 0 Å². The third-order valence-corrected chi connectivity index (χ3v) is 6.76. The van der Waals surface area contributed by atoms with Gasteiger partial charge in [-0.2, -0.15) is 0 Å². The topological polar surface area (TPSA) is 55.4 Å². The summed E-state index contributed by atoms with van der Waals surface area (Å²) in [6, 6.07) is 0. The summed E-state index contributed by atoms with van der Waals surface area (Å²) in [4.78, 5) is 4.74. The Morgan fingerprint density at radius 3 is 1.82 bits per heavy atom. The normalized spacial score (nSPS) is 13.4. The first kappa shape index (κ1) is 33.7. The molecule has 0 aromatic carbocycles. The average molecular weight is 490 g/mol. The van der Waals surface area contributed by atoms with Gasteiger partial charge in [-0.3, -0.25) is 4.90 Å². The molecular weight excluding hydrogens is 430 g/mol. The molecule has 206 valence electrons. The van der Waals surface area contributed by atoms with Crippen LogP contribution in [0, 0.1) is 0 Å². The number of hydrogen-bond donors (Lipinski definition) is 1. The van der Waals surface area contributed by atoms with Gasteiger partial charge in [-0.15, -0.1) is 0 Å². The van der Waals surface area contributed by atoms with Crippen LogP contribution in [0.4, 0.5) is 0 Å². The van der Waals surface area contributed by atoms with Gasteiger partial charge >= 0.3 is 0 Å². The molecule has 0 aromatic rings. The number of likely N-dealkylation sites (N-methyl/N-ethyl adjacent to an activating group) is 1. The predicted molar refractivity (Wildman–Crippen MR) is 144 cm³/mol. The highest BCUT2D eigenvalue weighted by molar-refractivity contribution is 4.79. The van der Waals surface area contributed by atoms with Crippen LogP contribution in [0.15, 0.2) is 0 Å². The fourth-order valence-electron chi connectivity index (χ4n) is 3.24. The third kappa shape index (κ3) is 18.1. The lowest BCUT2D eigenvalue weighted by molar-refractivity contribution is 0.0177. The number of hydrogen-bond acceptors (Lipinski definition) is 7. The summed E-state index contributed by atoms with van der Waals surface area (Å²) < 4.78 is 22.6. The minimum absolute atomic E-state index is 0.0788. The Morgan fingerprint density at radius 1 is 0.618 bits per heavy atom. The van der Waals surface area contributed by atoms with E-state index < -0.39 is 0 Å². The summed E-state index contributed by atoms with van der Waals surface area (Å²) in [7, 11) is 6.09. The Balaban J connectivity index is 3.75. The molecule has 1 N–H and O–H groups in total. The summed E-state index contributed by atoms with van der Waals surface area (Å²) in [5.41, 5.74) is 0.386. The molecule has 0 bridgehead atoms. The van der Waals surface area contributed by atoms with E-state index in [1.54, 1.807) is 7.11 Å².